The molecule has 92 valence electrons. The fourth-order valence-electron chi connectivity index (χ4n) is 1.76. The van der Waals surface area contributed by atoms with Crippen LogP contribution in [0.4, 0.5) is 0 Å². The minimum atomic E-state index is 0.272. The van der Waals surface area contributed by atoms with Crippen molar-refractivity contribution in [3.63, 3.8) is 0 Å². The van der Waals surface area contributed by atoms with Crippen molar-refractivity contribution in [2.75, 3.05) is 6.26 Å². The van der Waals surface area contributed by atoms with Crippen molar-refractivity contribution in [2.24, 2.45) is 0 Å². The number of allylic oxidation sites excluding steroid dienone is 1. The Bertz CT molecular complexity index is 371. The van der Waals surface area contributed by atoms with Gasteiger partial charge in [0.05, 0.1) is 0 Å². The Balaban J connectivity index is 2.44. The number of hydrogen-bond acceptors (Lipinski definition) is 2. The van der Waals surface area contributed by atoms with E-state index < -0.39 is 0 Å². The van der Waals surface area contributed by atoms with Gasteiger partial charge in [-0.05, 0) is 31.6 Å². The van der Waals surface area contributed by atoms with Crippen molar-refractivity contribution in [3.05, 3.63) is 42.5 Å². The number of rotatable bonds is 8. The normalized spacial score (nSPS) is 10.2. The van der Waals surface area contributed by atoms with E-state index in [2.05, 4.69) is 6.58 Å². The summed E-state index contributed by atoms with van der Waals surface area (Å²) in [5.41, 5.74) is 0.878. The highest BCUT2D eigenvalue weighted by Gasteiger charge is 2.09. The molecule has 0 aliphatic rings. The molecule has 1 rings (SSSR count). The molecule has 0 bridgehead atoms. The van der Waals surface area contributed by atoms with E-state index in [0.29, 0.717) is 6.42 Å². The maximum Gasteiger partial charge on any atom is 0.163 e. The van der Waals surface area contributed by atoms with Crippen LogP contribution in [-0.2, 0) is 0 Å². The molecule has 0 fully saturated rings. The summed E-state index contributed by atoms with van der Waals surface area (Å²) < 4.78 is 0. The summed E-state index contributed by atoms with van der Waals surface area (Å²) in [5.74, 6) is 0.272. The maximum atomic E-state index is 12.0. The van der Waals surface area contributed by atoms with Crippen molar-refractivity contribution in [3.8, 4) is 0 Å². The molecule has 0 aliphatic carbocycles. The van der Waals surface area contributed by atoms with Crippen LogP contribution >= 0.6 is 11.8 Å². The van der Waals surface area contributed by atoms with E-state index in [1.54, 1.807) is 11.8 Å². The lowest BCUT2D eigenvalue weighted by Gasteiger charge is -2.05. The van der Waals surface area contributed by atoms with E-state index in [9.17, 15) is 4.79 Å². The zero-order chi connectivity index (χ0) is 12.5. The number of unbranched alkanes of at least 4 members (excludes halogenated alkanes) is 3. The lowest BCUT2D eigenvalue weighted by Crippen LogP contribution is -2.00. The third-order valence-corrected chi connectivity index (χ3v) is 3.52. The van der Waals surface area contributed by atoms with E-state index >= 15 is 0 Å². The van der Waals surface area contributed by atoms with Gasteiger partial charge < -0.3 is 0 Å². The van der Waals surface area contributed by atoms with Gasteiger partial charge >= 0.3 is 0 Å². The average molecular weight is 248 g/mol. The molecule has 0 saturated heterocycles. The van der Waals surface area contributed by atoms with Gasteiger partial charge in [0.1, 0.15) is 0 Å². The predicted molar refractivity (Wildman–Crippen MR) is 75.8 cm³/mol. The topological polar surface area (TPSA) is 17.1 Å². The highest BCUT2D eigenvalue weighted by Crippen LogP contribution is 2.21. The molecule has 0 heterocycles. The SMILES string of the molecule is C=CCCCCCC(=O)c1ccccc1SC. The fourth-order valence-corrected chi connectivity index (χ4v) is 2.38. The van der Waals surface area contributed by atoms with Gasteiger partial charge in [0.25, 0.3) is 0 Å². The Kier molecular flexibility index (Phi) is 6.71. The Morgan fingerprint density at radius 1 is 1.29 bits per heavy atom. The Hall–Kier alpha value is -1.02. The first kappa shape index (κ1) is 14.0. The average Bonchev–Trinajstić information content (AvgIpc) is 2.38. The van der Waals surface area contributed by atoms with Crippen LogP contribution in [0.15, 0.2) is 41.8 Å². The summed E-state index contributed by atoms with van der Waals surface area (Å²) in [6, 6.07) is 7.85. The molecular formula is C15H20OS. The molecule has 0 atom stereocenters. The zero-order valence-electron chi connectivity index (χ0n) is 10.4. The number of hydrogen-bond donors (Lipinski definition) is 0. The summed E-state index contributed by atoms with van der Waals surface area (Å²) in [4.78, 5) is 13.1. The van der Waals surface area contributed by atoms with Gasteiger partial charge in [-0.3, -0.25) is 4.79 Å². The van der Waals surface area contributed by atoms with E-state index in [0.717, 1.165) is 36.1 Å². The van der Waals surface area contributed by atoms with Crippen LogP contribution in [0.1, 0.15) is 42.5 Å². The zero-order valence-corrected chi connectivity index (χ0v) is 11.3. The van der Waals surface area contributed by atoms with Crippen LogP contribution in [0, 0.1) is 0 Å². The van der Waals surface area contributed by atoms with Crippen molar-refractivity contribution >= 4 is 17.5 Å². The number of carbonyl (C=O) groups excluding carboxylic acids is 1. The third-order valence-electron chi connectivity index (χ3n) is 2.72. The summed E-state index contributed by atoms with van der Waals surface area (Å²) in [5, 5.41) is 0. The van der Waals surface area contributed by atoms with Gasteiger partial charge in [-0.1, -0.05) is 30.7 Å². The highest BCUT2D eigenvalue weighted by atomic mass is 32.2. The predicted octanol–water partition coefficient (Wildman–Crippen LogP) is 4.73. The van der Waals surface area contributed by atoms with Crippen LogP contribution in [0.3, 0.4) is 0 Å². The lowest BCUT2D eigenvalue weighted by atomic mass is 10.0. The number of carbonyl (C=O) groups is 1. The number of Topliss-reactive ketones (excluding diaryl/α,β-unsaturated/α-hetero) is 1. The molecule has 0 amide bonds. The summed E-state index contributed by atoms with van der Waals surface area (Å²) in [6.07, 6.45) is 8.89. The molecule has 0 spiro atoms. The molecule has 0 unspecified atom stereocenters. The van der Waals surface area contributed by atoms with Crippen LogP contribution in [0.5, 0.6) is 0 Å². The van der Waals surface area contributed by atoms with E-state index in [1.807, 2.05) is 36.6 Å². The molecule has 1 nitrogen and oxygen atoms in total. The molecule has 17 heavy (non-hydrogen) atoms. The quantitative estimate of drug-likeness (QED) is 0.286. The van der Waals surface area contributed by atoms with Crippen molar-refractivity contribution in [2.45, 2.75) is 37.0 Å². The lowest BCUT2D eigenvalue weighted by molar-refractivity contribution is 0.0976. The number of benzene rings is 1. The Morgan fingerprint density at radius 3 is 2.76 bits per heavy atom. The second kappa shape index (κ2) is 8.13. The first-order valence-corrected chi connectivity index (χ1v) is 7.29. The molecule has 0 saturated carbocycles. The molecule has 0 N–H and O–H groups in total. The van der Waals surface area contributed by atoms with Crippen molar-refractivity contribution in [1.29, 1.82) is 0 Å². The van der Waals surface area contributed by atoms with E-state index in [4.69, 9.17) is 0 Å². The minimum absolute atomic E-state index is 0.272. The van der Waals surface area contributed by atoms with E-state index in [1.165, 1.54) is 0 Å². The second-order valence-corrected chi connectivity index (χ2v) is 4.86. The van der Waals surface area contributed by atoms with Gasteiger partial charge in [0, 0.05) is 16.9 Å². The van der Waals surface area contributed by atoms with Gasteiger partial charge in [-0.15, -0.1) is 18.3 Å². The minimum Gasteiger partial charge on any atom is -0.294 e. The number of ketones is 1. The van der Waals surface area contributed by atoms with Gasteiger partial charge in [0.15, 0.2) is 5.78 Å². The third kappa shape index (κ3) is 4.78. The van der Waals surface area contributed by atoms with Crippen LogP contribution < -0.4 is 0 Å². The molecular weight excluding hydrogens is 228 g/mol. The molecule has 2 heteroatoms. The largest absolute Gasteiger partial charge is 0.294 e. The Labute approximate surface area is 108 Å². The molecule has 0 aliphatic heterocycles. The molecule has 1 aromatic carbocycles. The summed E-state index contributed by atoms with van der Waals surface area (Å²) in [7, 11) is 0. The monoisotopic (exact) mass is 248 g/mol. The summed E-state index contributed by atoms with van der Waals surface area (Å²) in [6.45, 7) is 3.69. The van der Waals surface area contributed by atoms with Crippen LogP contribution in [0.2, 0.25) is 0 Å². The van der Waals surface area contributed by atoms with Gasteiger partial charge in [-0.25, -0.2) is 0 Å². The summed E-state index contributed by atoms with van der Waals surface area (Å²) >= 11 is 1.64. The highest BCUT2D eigenvalue weighted by molar-refractivity contribution is 7.98. The van der Waals surface area contributed by atoms with Crippen LogP contribution in [0.25, 0.3) is 0 Å². The van der Waals surface area contributed by atoms with Gasteiger partial charge in [0.2, 0.25) is 0 Å². The molecule has 0 aromatic heterocycles. The smallest absolute Gasteiger partial charge is 0.163 e. The second-order valence-electron chi connectivity index (χ2n) is 4.01. The first-order chi connectivity index (χ1) is 8.29. The fraction of sp³-hybridized carbons (Fsp3) is 0.400. The van der Waals surface area contributed by atoms with Gasteiger partial charge in [-0.2, -0.15) is 0 Å². The van der Waals surface area contributed by atoms with Crippen molar-refractivity contribution in [1.82, 2.24) is 0 Å². The maximum absolute atomic E-state index is 12.0. The Morgan fingerprint density at radius 2 is 2.06 bits per heavy atom. The van der Waals surface area contributed by atoms with E-state index in [-0.39, 0.29) is 5.78 Å². The molecule has 1 aromatic rings. The number of thioether (sulfide) groups is 1. The van der Waals surface area contributed by atoms with Crippen LogP contribution in [-0.4, -0.2) is 12.0 Å². The molecule has 0 radical (unpaired) electrons. The van der Waals surface area contributed by atoms with Crippen molar-refractivity contribution < 1.29 is 4.79 Å². The standard InChI is InChI=1S/C15H20OS/c1-3-4-5-6-7-11-14(16)13-10-8-9-12-15(13)17-2/h3,8-10,12H,1,4-7,11H2,2H3. The first-order valence-electron chi connectivity index (χ1n) is 6.06.